The van der Waals surface area contributed by atoms with Crippen LogP contribution in [-0.2, 0) is 9.59 Å². The molecule has 1 fully saturated rings. The van der Waals surface area contributed by atoms with Crippen molar-refractivity contribution in [3.63, 3.8) is 0 Å². The molecular weight excluding hydrogens is 347 g/mol. The summed E-state index contributed by atoms with van der Waals surface area (Å²) in [5.74, 6) is 0.218. The van der Waals surface area contributed by atoms with E-state index < -0.39 is 0 Å². The molecule has 0 saturated heterocycles. The molecule has 0 heterocycles. The summed E-state index contributed by atoms with van der Waals surface area (Å²) in [4.78, 5) is 26.3. The van der Waals surface area contributed by atoms with Gasteiger partial charge in [0.2, 0.25) is 11.8 Å². The summed E-state index contributed by atoms with van der Waals surface area (Å²) in [6.45, 7) is 2.41. The number of para-hydroxylation sites is 1. The Balaban J connectivity index is 1.91. The summed E-state index contributed by atoms with van der Waals surface area (Å²) in [6, 6.07) is 5.04. The van der Waals surface area contributed by atoms with Gasteiger partial charge >= 0.3 is 0 Å². The fourth-order valence-electron chi connectivity index (χ4n) is 3.11. The number of carbonyl (C=O) groups excluding carboxylic acids is 2. The molecular formula is C18H24Cl2N2O2. The van der Waals surface area contributed by atoms with Gasteiger partial charge in [-0.05, 0) is 37.8 Å². The lowest BCUT2D eigenvalue weighted by Gasteiger charge is -2.25. The molecule has 0 unspecified atom stereocenters. The summed E-state index contributed by atoms with van der Waals surface area (Å²) >= 11 is 12.1. The molecule has 1 aliphatic carbocycles. The van der Waals surface area contributed by atoms with Crippen molar-refractivity contribution in [2.75, 3.05) is 18.4 Å². The van der Waals surface area contributed by atoms with Crippen LogP contribution in [0.25, 0.3) is 0 Å². The highest BCUT2D eigenvalue weighted by Crippen LogP contribution is 2.30. The summed E-state index contributed by atoms with van der Waals surface area (Å²) in [5.41, 5.74) is 0.390. The van der Waals surface area contributed by atoms with Gasteiger partial charge in [-0.25, -0.2) is 0 Å². The number of hydrogen-bond acceptors (Lipinski definition) is 2. The first-order valence-corrected chi connectivity index (χ1v) is 9.28. The topological polar surface area (TPSA) is 49.4 Å². The summed E-state index contributed by atoms with van der Waals surface area (Å²) in [5, 5.41) is 3.47. The normalized spacial score (nSPS) is 15.1. The van der Waals surface area contributed by atoms with E-state index in [1.807, 2.05) is 6.92 Å². The number of benzene rings is 1. The van der Waals surface area contributed by atoms with Crippen molar-refractivity contribution in [2.45, 2.75) is 45.4 Å². The van der Waals surface area contributed by atoms with Crippen molar-refractivity contribution >= 4 is 40.7 Å². The molecule has 0 bridgehead atoms. The lowest BCUT2D eigenvalue weighted by atomic mass is 9.86. The predicted molar refractivity (Wildman–Crippen MR) is 98.5 cm³/mol. The van der Waals surface area contributed by atoms with Crippen LogP contribution in [0.4, 0.5) is 5.69 Å². The molecule has 1 N–H and O–H groups in total. The second-order valence-electron chi connectivity index (χ2n) is 6.26. The van der Waals surface area contributed by atoms with Gasteiger partial charge in [-0.3, -0.25) is 9.59 Å². The minimum Gasteiger partial charge on any atom is -0.334 e. The average Bonchev–Trinajstić information content (AvgIpc) is 2.57. The van der Waals surface area contributed by atoms with Crippen LogP contribution >= 0.6 is 23.2 Å². The Labute approximate surface area is 153 Å². The third-order valence-electron chi connectivity index (χ3n) is 4.48. The number of nitrogens with one attached hydrogen (secondary N) is 1. The number of hydrogen-bond donors (Lipinski definition) is 1. The quantitative estimate of drug-likeness (QED) is 0.785. The van der Waals surface area contributed by atoms with Gasteiger partial charge in [-0.15, -0.1) is 0 Å². The van der Waals surface area contributed by atoms with Crippen molar-refractivity contribution in [2.24, 2.45) is 5.92 Å². The largest absolute Gasteiger partial charge is 0.334 e. The Kier molecular flexibility index (Phi) is 7.38. The van der Waals surface area contributed by atoms with Crippen molar-refractivity contribution in [3.05, 3.63) is 28.2 Å². The number of amides is 2. The van der Waals surface area contributed by atoms with Crippen molar-refractivity contribution in [1.29, 1.82) is 0 Å². The monoisotopic (exact) mass is 370 g/mol. The third kappa shape index (κ3) is 5.38. The molecule has 0 aliphatic heterocycles. The number of nitrogens with zero attached hydrogens (tertiary/aromatic N) is 1. The molecule has 0 radical (unpaired) electrons. The van der Waals surface area contributed by atoms with E-state index in [9.17, 15) is 9.59 Å². The van der Waals surface area contributed by atoms with Gasteiger partial charge in [0.15, 0.2) is 0 Å². The minimum atomic E-state index is -0.288. The molecule has 4 nitrogen and oxygen atoms in total. The summed E-state index contributed by atoms with van der Waals surface area (Å²) in [6.07, 6.45) is 6.44. The van der Waals surface area contributed by atoms with E-state index >= 15 is 0 Å². The van der Waals surface area contributed by atoms with Crippen LogP contribution in [0.2, 0.25) is 10.0 Å². The second kappa shape index (κ2) is 9.28. The van der Waals surface area contributed by atoms with E-state index in [2.05, 4.69) is 5.32 Å². The molecule has 1 aromatic rings. The van der Waals surface area contributed by atoms with Gasteiger partial charge < -0.3 is 10.2 Å². The number of carbonyl (C=O) groups is 2. The maximum absolute atomic E-state index is 12.5. The Morgan fingerprint density at radius 2 is 1.79 bits per heavy atom. The molecule has 132 valence electrons. The maximum atomic E-state index is 12.5. The Morgan fingerprint density at radius 3 is 2.38 bits per heavy atom. The van der Waals surface area contributed by atoms with Crippen LogP contribution < -0.4 is 5.32 Å². The molecule has 0 aromatic heterocycles. The van der Waals surface area contributed by atoms with E-state index in [0.29, 0.717) is 34.6 Å². The first-order valence-electron chi connectivity index (χ1n) is 8.53. The smallest absolute Gasteiger partial charge is 0.244 e. The first kappa shape index (κ1) is 19.1. The Hall–Kier alpha value is -1.26. The molecule has 2 rings (SSSR count). The Morgan fingerprint density at radius 1 is 1.17 bits per heavy atom. The van der Waals surface area contributed by atoms with Crippen molar-refractivity contribution in [1.82, 2.24) is 4.90 Å². The molecule has 6 heteroatoms. The predicted octanol–water partition coefficient (Wildman–Crippen LogP) is 4.75. The molecule has 1 aliphatic rings. The summed E-state index contributed by atoms with van der Waals surface area (Å²) in [7, 11) is 0. The minimum absolute atomic E-state index is 0.0175. The fourth-order valence-corrected chi connectivity index (χ4v) is 3.61. The van der Waals surface area contributed by atoms with Crippen molar-refractivity contribution in [3.8, 4) is 0 Å². The number of rotatable bonds is 6. The van der Waals surface area contributed by atoms with Crippen LogP contribution in [0, 0.1) is 5.92 Å². The van der Waals surface area contributed by atoms with Crippen LogP contribution in [0.15, 0.2) is 18.2 Å². The van der Waals surface area contributed by atoms with E-state index in [1.165, 1.54) is 19.3 Å². The third-order valence-corrected chi connectivity index (χ3v) is 5.11. The zero-order chi connectivity index (χ0) is 17.5. The molecule has 24 heavy (non-hydrogen) atoms. The highest BCUT2D eigenvalue weighted by molar-refractivity contribution is 6.39. The molecule has 1 saturated carbocycles. The molecule has 0 atom stereocenters. The molecule has 0 spiro atoms. The Bertz CT molecular complexity index is 566. The SMILES string of the molecule is CCN(CC(=O)Nc1c(Cl)cccc1Cl)C(=O)CC1CCCCC1. The van der Waals surface area contributed by atoms with Gasteiger partial charge in [-0.2, -0.15) is 0 Å². The average molecular weight is 371 g/mol. The van der Waals surface area contributed by atoms with Gasteiger partial charge in [-0.1, -0.05) is 48.5 Å². The fraction of sp³-hybridized carbons (Fsp3) is 0.556. The zero-order valence-electron chi connectivity index (χ0n) is 14.0. The van der Waals surface area contributed by atoms with Crippen LogP contribution in [0.5, 0.6) is 0 Å². The van der Waals surface area contributed by atoms with Crippen LogP contribution in [0.1, 0.15) is 45.4 Å². The van der Waals surface area contributed by atoms with E-state index in [0.717, 1.165) is 12.8 Å². The second-order valence-corrected chi connectivity index (χ2v) is 7.08. The molecule has 1 aromatic carbocycles. The summed E-state index contributed by atoms with van der Waals surface area (Å²) < 4.78 is 0. The number of halogens is 2. The van der Waals surface area contributed by atoms with E-state index in [4.69, 9.17) is 23.2 Å². The number of anilines is 1. The van der Waals surface area contributed by atoms with Crippen molar-refractivity contribution < 1.29 is 9.59 Å². The van der Waals surface area contributed by atoms with Gasteiger partial charge in [0.1, 0.15) is 0 Å². The lowest BCUT2D eigenvalue weighted by molar-refractivity contribution is -0.135. The standard InChI is InChI=1S/C18H24Cl2N2O2/c1-2-22(17(24)11-13-7-4-3-5-8-13)12-16(23)21-18-14(19)9-6-10-15(18)20/h6,9-10,13H,2-5,7-8,11-12H2,1H3,(H,21,23). The zero-order valence-corrected chi connectivity index (χ0v) is 15.5. The maximum Gasteiger partial charge on any atom is 0.244 e. The van der Waals surface area contributed by atoms with Gasteiger partial charge in [0, 0.05) is 13.0 Å². The van der Waals surface area contributed by atoms with Crippen LogP contribution in [0.3, 0.4) is 0 Å². The first-order chi connectivity index (χ1) is 11.5. The highest BCUT2D eigenvalue weighted by atomic mass is 35.5. The van der Waals surface area contributed by atoms with Gasteiger partial charge in [0.25, 0.3) is 0 Å². The van der Waals surface area contributed by atoms with Crippen LogP contribution in [-0.4, -0.2) is 29.8 Å². The van der Waals surface area contributed by atoms with E-state index in [-0.39, 0.29) is 18.4 Å². The highest BCUT2D eigenvalue weighted by Gasteiger charge is 2.22. The van der Waals surface area contributed by atoms with Gasteiger partial charge in [0.05, 0.1) is 22.3 Å². The molecule has 2 amide bonds. The lowest BCUT2D eigenvalue weighted by Crippen LogP contribution is -2.38. The number of likely N-dealkylation sites (N-methyl/N-ethyl adjacent to an activating group) is 1. The van der Waals surface area contributed by atoms with E-state index in [1.54, 1.807) is 23.1 Å².